The second-order valence-electron chi connectivity index (χ2n) is 6.98. The number of carboxylic acids is 1. The van der Waals surface area contributed by atoms with Gasteiger partial charge < -0.3 is 15.2 Å². The third kappa shape index (κ3) is 6.24. The first-order chi connectivity index (χ1) is 15.5. The largest absolute Gasteiger partial charge is 0.487 e. The number of amides is 1. The summed E-state index contributed by atoms with van der Waals surface area (Å²) in [5, 5.41) is 12.6. The van der Waals surface area contributed by atoms with E-state index in [0.29, 0.717) is 39.6 Å². The Morgan fingerprint density at radius 3 is 2.66 bits per heavy atom. The summed E-state index contributed by atoms with van der Waals surface area (Å²) >= 11 is 7.94. The fraction of sp³-hybridized carbons (Fsp3) is 0.208. The van der Waals surface area contributed by atoms with Crippen molar-refractivity contribution in [3.05, 3.63) is 83.1 Å². The standard InChI is InChI=1S/C24H23ClN2O4S/c1-32-12-10-22(24(29)30)27-23(28)19-9-8-16(15-31-17-5-4-11-26-14-17)13-20(19)18-6-2-3-7-21(18)25/h2-9,11,13-14,22H,10,12,15H2,1H3,(H,27,28)(H,29,30)/t22-/m0/s1. The fourth-order valence-corrected chi connectivity index (χ4v) is 3.82. The molecule has 1 atom stereocenters. The second-order valence-corrected chi connectivity index (χ2v) is 8.38. The van der Waals surface area contributed by atoms with Crippen LogP contribution >= 0.6 is 23.4 Å². The molecule has 8 heteroatoms. The van der Waals surface area contributed by atoms with Crippen LogP contribution in [0.3, 0.4) is 0 Å². The van der Waals surface area contributed by atoms with Crippen LogP contribution in [0.1, 0.15) is 22.3 Å². The summed E-state index contributed by atoms with van der Waals surface area (Å²) in [6.07, 6.45) is 5.51. The Bertz CT molecular complexity index is 1080. The minimum atomic E-state index is -1.06. The molecule has 0 unspecified atom stereocenters. The van der Waals surface area contributed by atoms with E-state index in [4.69, 9.17) is 16.3 Å². The number of pyridine rings is 1. The molecule has 0 aliphatic heterocycles. The lowest BCUT2D eigenvalue weighted by Gasteiger charge is -2.17. The second kappa shape index (κ2) is 11.5. The molecule has 0 spiro atoms. The molecule has 0 bridgehead atoms. The molecule has 1 heterocycles. The first-order valence-electron chi connectivity index (χ1n) is 9.93. The number of ether oxygens (including phenoxy) is 1. The van der Waals surface area contributed by atoms with Crippen molar-refractivity contribution in [1.29, 1.82) is 0 Å². The van der Waals surface area contributed by atoms with Gasteiger partial charge in [0.05, 0.1) is 6.20 Å². The highest BCUT2D eigenvalue weighted by Gasteiger charge is 2.23. The summed E-state index contributed by atoms with van der Waals surface area (Å²) in [4.78, 5) is 28.7. The zero-order valence-electron chi connectivity index (χ0n) is 17.5. The van der Waals surface area contributed by atoms with Gasteiger partial charge in [-0.05, 0) is 59.9 Å². The highest BCUT2D eigenvalue weighted by atomic mass is 35.5. The molecule has 2 aromatic carbocycles. The molecule has 0 saturated heterocycles. The predicted molar refractivity (Wildman–Crippen MR) is 127 cm³/mol. The number of halogens is 1. The van der Waals surface area contributed by atoms with E-state index in [2.05, 4.69) is 10.3 Å². The summed E-state index contributed by atoms with van der Waals surface area (Å²) in [6.45, 7) is 0.274. The number of benzene rings is 2. The summed E-state index contributed by atoms with van der Waals surface area (Å²) in [5.41, 5.74) is 2.46. The van der Waals surface area contributed by atoms with Gasteiger partial charge in [0.1, 0.15) is 18.4 Å². The number of carbonyl (C=O) groups is 2. The van der Waals surface area contributed by atoms with Crippen molar-refractivity contribution in [2.24, 2.45) is 0 Å². The Morgan fingerprint density at radius 1 is 1.16 bits per heavy atom. The summed E-state index contributed by atoms with van der Waals surface area (Å²) < 4.78 is 5.78. The third-order valence-corrected chi connectivity index (χ3v) is 5.72. The third-order valence-electron chi connectivity index (χ3n) is 4.75. The predicted octanol–water partition coefficient (Wildman–Crippen LogP) is 4.92. The Kier molecular flexibility index (Phi) is 8.53. The van der Waals surface area contributed by atoms with Crippen molar-refractivity contribution in [3.63, 3.8) is 0 Å². The molecule has 0 aliphatic rings. The first-order valence-corrected chi connectivity index (χ1v) is 11.7. The maximum Gasteiger partial charge on any atom is 0.326 e. The first kappa shape index (κ1) is 23.6. The van der Waals surface area contributed by atoms with Crippen LogP contribution in [0.15, 0.2) is 67.0 Å². The molecule has 3 aromatic rings. The number of rotatable bonds is 10. The van der Waals surface area contributed by atoms with Crippen molar-refractivity contribution in [2.45, 2.75) is 19.1 Å². The number of hydrogen-bond donors (Lipinski definition) is 2. The number of nitrogens with one attached hydrogen (secondary N) is 1. The van der Waals surface area contributed by atoms with Crippen molar-refractivity contribution in [2.75, 3.05) is 12.0 Å². The van der Waals surface area contributed by atoms with Gasteiger partial charge in [0.25, 0.3) is 5.91 Å². The number of carboxylic acid groups (broad SMARTS) is 1. The number of hydrogen-bond acceptors (Lipinski definition) is 5. The SMILES string of the molecule is CSCC[C@H](NC(=O)c1ccc(COc2cccnc2)cc1-c1ccccc1Cl)C(=O)O. The molecule has 1 aromatic heterocycles. The zero-order chi connectivity index (χ0) is 22.9. The Hall–Kier alpha value is -3.03. The summed E-state index contributed by atoms with van der Waals surface area (Å²) in [7, 11) is 0. The maximum absolute atomic E-state index is 13.1. The van der Waals surface area contributed by atoms with E-state index in [9.17, 15) is 14.7 Å². The zero-order valence-corrected chi connectivity index (χ0v) is 19.0. The molecule has 166 valence electrons. The molecule has 0 radical (unpaired) electrons. The van der Waals surface area contributed by atoms with Crippen molar-refractivity contribution >= 4 is 35.2 Å². The molecule has 0 aliphatic carbocycles. The van der Waals surface area contributed by atoms with Gasteiger partial charge in [-0.15, -0.1) is 0 Å². The van der Waals surface area contributed by atoms with Crippen molar-refractivity contribution in [1.82, 2.24) is 10.3 Å². The minimum absolute atomic E-state index is 0.274. The van der Waals surface area contributed by atoms with Gasteiger partial charge in [0, 0.05) is 22.3 Å². The lowest BCUT2D eigenvalue weighted by atomic mass is 9.96. The molecular formula is C24H23ClN2O4S. The van der Waals surface area contributed by atoms with Crippen LogP contribution in [-0.2, 0) is 11.4 Å². The highest BCUT2D eigenvalue weighted by Crippen LogP contribution is 2.31. The van der Waals surface area contributed by atoms with E-state index in [1.54, 1.807) is 36.7 Å². The normalized spacial score (nSPS) is 11.6. The topological polar surface area (TPSA) is 88.5 Å². The van der Waals surface area contributed by atoms with Crippen LogP contribution in [0.25, 0.3) is 11.1 Å². The van der Waals surface area contributed by atoms with Crippen molar-refractivity contribution in [3.8, 4) is 16.9 Å². The van der Waals surface area contributed by atoms with Gasteiger partial charge in [-0.1, -0.05) is 35.9 Å². The number of nitrogens with zero attached hydrogens (tertiary/aromatic N) is 1. The average Bonchev–Trinajstić information content (AvgIpc) is 2.81. The maximum atomic E-state index is 13.1. The van der Waals surface area contributed by atoms with Crippen molar-refractivity contribution < 1.29 is 19.4 Å². The average molecular weight is 471 g/mol. The molecule has 6 nitrogen and oxygen atoms in total. The number of thioether (sulfide) groups is 1. The van der Waals surface area contributed by atoms with E-state index in [-0.39, 0.29) is 6.61 Å². The van der Waals surface area contributed by atoms with Gasteiger partial charge in [0.15, 0.2) is 0 Å². The summed E-state index contributed by atoms with van der Waals surface area (Å²) in [6, 6.07) is 15.1. The van der Waals surface area contributed by atoms with Crippen LogP contribution in [0.5, 0.6) is 5.75 Å². The molecule has 0 fully saturated rings. The van der Waals surface area contributed by atoms with Crippen LogP contribution in [0.2, 0.25) is 5.02 Å². The summed E-state index contributed by atoms with van der Waals surface area (Å²) in [5.74, 6) is -0.271. The van der Waals surface area contributed by atoms with Gasteiger partial charge in [-0.3, -0.25) is 9.78 Å². The van der Waals surface area contributed by atoms with Crippen LogP contribution in [-0.4, -0.2) is 40.0 Å². The molecule has 1 amide bonds. The minimum Gasteiger partial charge on any atom is -0.487 e. The van der Waals surface area contributed by atoms with Crippen LogP contribution in [0, 0.1) is 0 Å². The molecule has 0 saturated carbocycles. The van der Waals surface area contributed by atoms with Gasteiger partial charge in [-0.25, -0.2) is 4.79 Å². The highest BCUT2D eigenvalue weighted by molar-refractivity contribution is 7.98. The molecular weight excluding hydrogens is 448 g/mol. The van der Waals surface area contributed by atoms with E-state index >= 15 is 0 Å². The number of aromatic nitrogens is 1. The van der Waals surface area contributed by atoms with Gasteiger partial charge in [-0.2, -0.15) is 11.8 Å². The van der Waals surface area contributed by atoms with E-state index in [1.165, 1.54) is 11.8 Å². The molecule has 3 rings (SSSR count). The van der Waals surface area contributed by atoms with Crippen LogP contribution < -0.4 is 10.1 Å². The fourth-order valence-electron chi connectivity index (χ4n) is 3.11. The Labute approximate surface area is 196 Å². The lowest BCUT2D eigenvalue weighted by Crippen LogP contribution is -2.41. The monoisotopic (exact) mass is 470 g/mol. The number of carbonyl (C=O) groups excluding carboxylic acids is 1. The van der Waals surface area contributed by atoms with E-state index in [1.807, 2.05) is 36.6 Å². The Morgan fingerprint density at radius 2 is 1.97 bits per heavy atom. The van der Waals surface area contributed by atoms with E-state index < -0.39 is 17.9 Å². The molecule has 32 heavy (non-hydrogen) atoms. The lowest BCUT2D eigenvalue weighted by molar-refractivity contribution is -0.139. The molecule has 2 N–H and O–H groups in total. The van der Waals surface area contributed by atoms with Gasteiger partial charge >= 0.3 is 5.97 Å². The quantitative estimate of drug-likeness (QED) is 0.437. The van der Waals surface area contributed by atoms with Gasteiger partial charge in [0.2, 0.25) is 0 Å². The van der Waals surface area contributed by atoms with E-state index in [0.717, 1.165) is 5.56 Å². The van der Waals surface area contributed by atoms with Crippen LogP contribution in [0.4, 0.5) is 0 Å². The smallest absolute Gasteiger partial charge is 0.326 e. The number of aliphatic carboxylic acids is 1. The Balaban J connectivity index is 1.91.